The van der Waals surface area contributed by atoms with E-state index in [0.29, 0.717) is 24.9 Å². The Morgan fingerprint density at radius 1 is 1.22 bits per heavy atom. The highest BCUT2D eigenvalue weighted by atomic mass is 32.2. The number of aryl methyl sites for hydroxylation is 1. The van der Waals surface area contributed by atoms with Gasteiger partial charge in [0.1, 0.15) is 0 Å². The molecule has 1 aromatic heterocycles. The van der Waals surface area contributed by atoms with Crippen LogP contribution in [0.1, 0.15) is 48.2 Å². The lowest BCUT2D eigenvalue weighted by Crippen LogP contribution is -2.47. The third-order valence-electron chi connectivity index (χ3n) is 6.57. The standard InChI is InChI=1S/C22H27N3O5S2/c1-3-19-18-9-13-31-20(18)8-12-24(19)22(26)16-6-10-23(11-7-16)32(29,30)21-14-17(25(27)28)5-4-15(21)2/h4-5,9,13-14,16,19H,3,6-8,10-12H2,1-2H3/t19-/m1/s1. The number of piperidine rings is 1. The van der Waals surface area contributed by atoms with E-state index in [9.17, 15) is 23.3 Å². The van der Waals surface area contributed by atoms with Gasteiger partial charge in [0, 0.05) is 42.6 Å². The van der Waals surface area contributed by atoms with Crippen molar-refractivity contribution >= 4 is 33.0 Å². The fraction of sp³-hybridized carbons (Fsp3) is 0.500. The zero-order valence-corrected chi connectivity index (χ0v) is 19.8. The third-order valence-corrected chi connectivity index (χ3v) is 9.61. The average molecular weight is 478 g/mol. The van der Waals surface area contributed by atoms with Crippen molar-refractivity contribution in [3.63, 3.8) is 0 Å². The molecule has 1 amide bonds. The molecule has 1 saturated heterocycles. The van der Waals surface area contributed by atoms with Gasteiger partial charge in [0.05, 0.1) is 15.9 Å². The minimum Gasteiger partial charge on any atom is -0.335 e. The second-order valence-corrected chi connectivity index (χ2v) is 11.3. The first-order chi connectivity index (χ1) is 15.2. The van der Waals surface area contributed by atoms with Gasteiger partial charge in [-0.05, 0) is 55.2 Å². The van der Waals surface area contributed by atoms with Crippen LogP contribution in [0.2, 0.25) is 0 Å². The van der Waals surface area contributed by atoms with Crippen molar-refractivity contribution in [2.75, 3.05) is 19.6 Å². The topological polar surface area (TPSA) is 101 Å². The van der Waals surface area contributed by atoms with Crippen molar-refractivity contribution in [3.8, 4) is 0 Å². The van der Waals surface area contributed by atoms with Crippen LogP contribution < -0.4 is 0 Å². The summed E-state index contributed by atoms with van der Waals surface area (Å²) in [6.07, 6.45) is 2.63. The van der Waals surface area contributed by atoms with Crippen molar-refractivity contribution < 1.29 is 18.1 Å². The molecule has 8 nitrogen and oxygen atoms in total. The molecular formula is C22H27N3O5S2. The fourth-order valence-corrected chi connectivity index (χ4v) is 7.44. The molecule has 10 heteroatoms. The largest absolute Gasteiger partial charge is 0.335 e. The minimum atomic E-state index is -3.87. The first-order valence-corrected chi connectivity index (χ1v) is 13.2. The Kier molecular flexibility index (Phi) is 6.37. The van der Waals surface area contributed by atoms with Gasteiger partial charge >= 0.3 is 0 Å². The van der Waals surface area contributed by atoms with Crippen LogP contribution in [0.3, 0.4) is 0 Å². The lowest BCUT2D eigenvalue weighted by molar-refractivity contribution is -0.385. The summed E-state index contributed by atoms with van der Waals surface area (Å²) in [7, 11) is -3.87. The normalized spacial score (nSPS) is 20.2. The predicted molar refractivity (Wildman–Crippen MR) is 122 cm³/mol. The van der Waals surface area contributed by atoms with Gasteiger partial charge in [0.15, 0.2) is 0 Å². The SMILES string of the molecule is CC[C@@H]1c2ccsc2CCN1C(=O)C1CCN(S(=O)(=O)c2cc([N+](=O)[O-])ccc2C)CC1. The second-order valence-electron chi connectivity index (χ2n) is 8.39. The maximum atomic E-state index is 13.3. The van der Waals surface area contributed by atoms with E-state index in [1.807, 2.05) is 4.90 Å². The number of carbonyl (C=O) groups is 1. The number of thiophene rings is 1. The number of sulfonamides is 1. The number of fused-ring (bicyclic) bond motifs is 1. The molecule has 4 rings (SSSR count). The van der Waals surface area contributed by atoms with Crippen LogP contribution in [-0.4, -0.2) is 48.1 Å². The van der Waals surface area contributed by atoms with E-state index < -0.39 is 14.9 Å². The zero-order chi connectivity index (χ0) is 23.0. The maximum Gasteiger partial charge on any atom is 0.270 e. The van der Waals surface area contributed by atoms with Crippen LogP contribution in [0.5, 0.6) is 0 Å². The summed E-state index contributed by atoms with van der Waals surface area (Å²) in [5, 5.41) is 13.2. The molecule has 1 aromatic carbocycles. The molecule has 0 bridgehead atoms. The molecule has 0 spiro atoms. The van der Waals surface area contributed by atoms with E-state index in [0.717, 1.165) is 18.9 Å². The first kappa shape index (κ1) is 22.9. The van der Waals surface area contributed by atoms with Crippen LogP contribution in [0.25, 0.3) is 0 Å². The third kappa shape index (κ3) is 4.06. The number of rotatable bonds is 5. The number of amides is 1. The van der Waals surface area contributed by atoms with Gasteiger partial charge in [-0.15, -0.1) is 11.3 Å². The molecule has 0 unspecified atom stereocenters. The zero-order valence-electron chi connectivity index (χ0n) is 18.2. The minimum absolute atomic E-state index is 0.0384. The van der Waals surface area contributed by atoms with E-state index in [4.69, 9.17) is 0 Å². The highest BCUT2D eigenvalue weighted by Crippen LogP contribution is 2.37. The van der Waals surface area contributed by atoms with Gasteiger partial charge in [-0.1, -0.05) is 13.0 Å². The number of nitro benzene ring substituents is 1. The molecule has 0 aliphatic carbocycles. The number of hydrogen-bond donors (Lipinski definition) is 0. The van der Waals surface area contributed by atoms with E-state index in [-0.39, 0.29) is 41.5 Å². The summed E-state index contributed by atoms with van der Waals surface area (Å²) in [6.45, 7) is 4.89. The van der Waals surface area contributed by atoms with Gasteiger partial charge < -0.3 is 4.90 Å². The molecule has 0 radical (unpaired) electrons. The Bertz CT molecular complexity index is 1140. The fourth-order valence-electron chi connectivity index (χ4n) is 4.80. The molecule has 1 fully saturated rings. The number of nitrogens with zero attached hydrogens (tertiary/aromatic N) is 3. The van der Waals surface area contributed by atoms with Crippen molar-refractivity contribution in [1.82, 2.24) is 9.21 Å². The quantitative estimate of drug-likeness (QED) is 0.480. The Labute approximate surface area is 192 Å². The first-order valence-electron chi connectivity index (χ1n) is 10.9. The summed E-state index contributed by atoms with van der Waals surface area (Å²) in [5.74, 6) is -0.0980. The van der Waals surface area contributed by atoms with Crippen LogP contribution >= 0.6 is 11.3 Å². The number of carbonyl (C=O) groups excluding carboxylic acids is 1. The molecule has 32 heavy (non-hydrogen) atoms. The number of benzene rings is 1. The van der Waals surface area contributed by atoms with Gasteiger partial charge in [-0.3, -0.25) is 14.9 Å². The monoisotopic (exact) mass is 477 g/mol. The second kappa shape index (κ2) is 8.92. The van der Waals surface area contributed by atoms with E-state index >= 15 is 0 Å². The number of hydrogen-bond acceptors (Lipinski definition) is 6. The molecule has 2 aromatic rings. The van der Waals surface area contributed by atoms with Gasteiger partial charge in [-0.2, -0.15) is 4.31 Å². The van der Waals surface area contributed by atoms with Crippen molar-refractivity contribution in [2.45, 2.75) is 50.5 Å². The molecule has 172 valence electrons. The van der Waals surface area contributed by atoms with Gasteiger partial charge in [0.2, 0.25) is 15.9 Å². The van der Waals surface area contributed by atoms with Crippen LogP contribution in [-0.2, 0) is 21.2 Å². The Balaban J connectivity index is 1.47. The summed E-state index contributed by atoms with van der Waals surface area (Å²) < 4.78 is 27.7. The Hall–Kier alpha value is -2.30. The highest BCUT2D eigenvalue weighted by molar-refractivity contribution is 7.89. The van der Waals surface area contributed by atoms with Crippen LogP contribution in [0.15, 0.2) is 34.5 Å². The molecule has 0 N–H and O–H groups in total. The molecular weight excluding hydrogens is 450 g/mol. The summed E-state index contributed by atoms with van der Waals surface area (Å²) in [4.78, 5) is 27.1. The molecule has 3 heterocycles. The van der Waals surface area contributed by atoms with Crippen molar-refractivity contribution in [1.29, 1.82) is 0 Å². The van der Waals surface area contributed by atoms with E-state index in [1.165, 1.54) is 26.9 Å². The van der Waals surface area contributed by atoms with Crippen LogP contribution in [0.4, 0.5) is 5.69 Å². The number of nitro groups is 1. The molecule has 2 aliphatic heterocycles. The lowest BCUT2D eigenvalue weighted by atomic mass is 9.92. The summed E-state index contributed by atoms with van der Waals surface area (Å²) >= 11 is 1.75. The molecule has 1 atom stereocenters. The summed E-state index contributed by atoms with van der Waals surface area (Å²) in [5.41, 5.74) is 1.47. The van der Waals surface area contributed by atoms with E-state index in [2.05, 4.69) is 18.4 Å². The lowest BCUT2D eigenvalue weighted by Gasteiger charge is -2.39. The molecule has 2 aliphatic rings. The van der Waals surface area contributed by atoms with E-state index in [1.54, 1.807) is 18.3 Å². The summed E-state index contributed by atoms with van der Waals surface area (Å²) in [6, 6.07) is 6.10. The van der Waals surface area contributed by atoms with Crippen LogP contribution in [0, 0.1) is 23.0 Å². The Morgan fingerprint density at radius 3 is 2.59 bits per heavy atom. The smallest absolute Gasteiger partial charge is 0.270 e. The van der Waals surface area contributed by atoms with Gasteiger partial charge in [0.25, 0.3) is 5.69 Å². The van der Waals surface area contributed by atoms with Gasteiger partial charge in [-0.25, -0.2) is 8.42 Å². The van der Waals surface area contributed by atoms with Crippen molar-refractivity contribution in [2.24, 2.45) is 5.92 Å². The number of non-ortho nitro benzene ring substituents is 1. The molecule has 0 saturated carbocycles. The maximum absolute atomic E-state index is 13.3. The Morgan fingerprint density at radius 2 is 1.94 bits per heavy atom. The predicted octanol–water partition coefficient (Wildman–Crippen LogP) is 3.90. The average Bonchev–Trinajstić information content (AvgIpc) is 3.27. The highest BCUT2D eigenvalue weighted by Gasteiger charge is 2.38. The van der Waals surface area contributed by atoms with Crippen molar-refractivity contribution in [3.05, 3.63) is 55.8 Å².